The van der Waals surface area contributed by atoms with Crippen LogP contribution in [-0.4, -0.2) is 12.6 Å². The molecule has 0 spiro atoms. The number of ether oxygens (including phenoxy) is 1. The van der Waals surface area contributed by atoms with Gasteiger partial charge < -0.3 is 4.74 Å². The van der Waals surface area contributed by atoms with Gasteiger partial charge in [-0.3, -0.25) is 0 Å². The second-order valence-corrected chi connectivity index (χ2v) is 2.89. The number of allylic oxidation sites excluding steroid dienone is 1. The third kappa shape index (κ3) is 3.30. The highest BCUT2D eigenvalue weighted by Gasteiger charge is 2.10. The Bertz CT molecular complexity index is 185. The fourth-order valence-electron chi connectivity index (χ4n) is 0.898. The molecule has 0 N–H and O–H groups in total. The Morgan fingerprint density at radius 1 is 1.25 bits per heavy atom. The van der Waals surface area contributed by atoms with Gasteiger partial charge in [-0.15, -0.1) is 12.6 Å². The van der Waals surface area contributed by atoms with Gasteiger partial charge in [0, 0.05) is 5.57 Å². The topological polar surface area (TPSA) is 26.3 Å². The van der Waals surface area contributed by atoms with Crippen molar-refractivity contribution >= 4 is 18.6 Å². The average molecular weight is 188 g/mol. The molecule has 0 rings (SSSR count). The molecule has 0 unspecified atom stereocenters. The summed E-state index contributed by atoms with van der Waals surface area (Å²) in [6.07, 6.45) is 1.47. The van der Waals surface area contributed by atoms with E-state index in [0.717, 1.165) is 11.3 Å². The summed E-state index contributed by atoms with van der Waals surface area (Å²) in [6.45, 7) is 6.12. The molecule has 0 radical (unpaired) electrons. The maximum Gasteiger partial charge on any atom is 0.334 e. The lowest BCUT2D eigenvalue weighted by atomic mass is 10.2. The molecule has 70 valence electrons. The van der Waals surface area contributed by atoms with Gasteiger partial charge in [0.25, 0.3) is 0 Å². The molecule has 0 aliphatic rings. The zero-order chi connectivity index (χ0) is 9.56. The number of hydrogen-bond acceptors (Lipinski definition) is 3. The minimum absolute atomic E-state index is 0.230. The molecule has 0 aromatic rings. The number of carbonyl (C=O) groups excluding carboxylic acids is 1. The molecule has 3 heteroatoms. The lowest BCUT2D eigenvalue weighted by Crippen LogP contribution is -2.08. The molecule has 0 fully saturated rings. The van der Waals surface area contributed by atoms with Crippen LogP contribution in [0.5, 0.6) is 0 Å². The van der Waals surface area contributed by atoms with Crippen molar-refractivity contribution in [3.8, 4) is 0 Å². The van der Waals surface area contributed by atoms with Crippen LogP contribution in [0.2, 0.25) is 0 Å². The molecule has 0 aromatic carbocycles. The van der Waals surface area contributed by atoms with Crippen LogP contribution in [0.15, 0.2) is 10.5 Å². The van der Waals surface area contributed by atoms with Crippen molar-refractivity contribution in [2.45, 2.75) is 33.6 Å². The molecule has 0 atom stereocenters. The summed E-state index contributed by atoms with van der Waals surface area (Å²) >= 11 is 4.22. The van der Waals surface area contributed by atoms with Gasteiger partial charge in [0.1, 0.15) is 0 Å². The zero-order valence-corrected chi connectivity index (χ0v) is 8.78. The zero-order valence-electron chi connectivity index (χ0n) is 7.89. The second-order valence-electron chi connectivity index (χ2n) is 2.35. The van der Waals surface area contributed by atoms with Crippen LogP contribution < -0.4 is 0 Å². The van der Waals surface area contributed by atoms with E-state index >= 15 is 0 Å². The maximum atomic E-state index is 11.2. The Hall–Kier alpha value is -0.440. The minimum atomic E-state index is -0.230. The number of esters is 1. The molecule has 0 saturated carbocycles. The molecular weight excluding hydrogens is 172 g/mol. The van der Waals surface area contributed by atoms with Gasteiger partial charge in [0.2, 0.25) is 0 Å². The van der Waals surface area contributed by atoms with Gasteiger partial charge in [-0.05, 0) is 24.7 Å². The molecule has 0 aromatic heterocycles. The Labute approximate surface area is 79.4 Å². The number of rotatable bonds is 4. The fraction of sp³-hybridized carbons (Fsp3) is 0.667. The van der Waals surface area contributed by atoms with E-state index in [1.165, 1.54) is 0 Å². The van der Waals surface area contributed by atoms with Gasteiger partial charge in [-0.25, -0.2) is 4.79 Å². The minimum Gasteiger partial charge on any atom is -0.463 e. The smallest absolute Gasteiger partial charge is 0.334 e. The fourth-order valence-corrected chi connectivity index (χ4v) is 1.15. The van der Waals surface area contributed by atoms with Crippen molar-refractivity contribution in [2.75, 3.05) is 6.61 Å². The molecule has 0 heterocycles. The first kappa shape index (κ1) is 11.6. The van der Waals surface area contributed by atoms with Crippen LogP contribution >= 0.6 is 12.6 Å². The summed E-state index contributed by atoms with van der Waals surface area (Å²) in [6, 6.07) is 0. The summed E-state index contributed by atoms with van der Waals surface area (Å²) < 4.78 is 4.87. The lowest BCUT2D eigenvalue weighted by Gasteiger charge is -2.06. The monoisotopic (exact) mass is 188 g/mol. The summed E-state index contributed by atoms with van der Waals surface area (Å²) in [5.74, 6) is -0.230. The predicted molar refractivity (Wildman–Crippen MR) is 53.2 cm³/mol. The highest BCUT2D eigenvalue weighted by atomic mass is 32.1. The first-order valence-corrected chi connectivity index (χ1v) is 4.70. The Morgan fingerprint density at radius 2 is 1.83 bits per heavy atom. The third-order valence-electron chi connectivity index (χ3n) is 1.56. The SMILES string of the molecule is CCOC(=O)/C(CC)=C(\S)CC. The maximum absolute atomic E-state index is 11.2. The molecule has 12 heavy (non-hydrogen) atoms. The molecule has 0 saturated heterocycles. The molecule has 2 nitrogen and oxygen atoms in total. The number of carbonyl (C=O) groups is 1. The first-order valence-electron chi connectivity index (χ1n) is 4.25. The van der Waals surface area contributed by atoms with E-state index in [2.05, 4.69) is 12.6 Å². The third-order valence-corrected chi connectivity index (χ3v) is 2.14. The first-order chi connectivity index (χ1) is 5.67. The Morgan fingerprint density at radius 3 is 2.17 bits per heavy atom. The molecule has 0 aliphatic carbocycles. The second kappa shape index (κ2) is 6.12. The van der Waals surface area contributed by atoms with Crippen molar-refractivity contribution in [3.63, 3.8) is 0 Å². The summed E-state index contributed by atoms with van der Waals surface area (Å²) in [5, 5.41) is 0. The summed E-state index contributed by atoms with van der Waals surface area (Å²) in [4.78, 5) is 12.1. The van der Waals surface area contributed by atoms with Gasteiger partial charge in [0.15, 0.2) is 0 Å². The van der Waals surface area contributed by atoms with Crippen LogP contribution in [0.25, 0.3) is 0 Å². The van der Waals surface area contributed by atoms with E-state index in [4.69, 9.17) is 4.74 Å². The Balaban J connectivity index is 4.44. The molecular formula is C9H16O2S. The van der Waals surface area contributed by atoms with Crippen molar-refractivity contribution in [1.29, 1.82) is 0 Å². The highest BCUT2D eigenvalue weighted by molar-refractivity contribution is 7.84. The van der Waals surface area contributed by atoms with E-state index in [1.807, 2.05) is 13.8 Å². The number of thiol groups is 1. The normalized spacial score (nSPS) is 12.3. The predicted octanol–water partition coefficient (Wildman–Crippen LogP) is 2.55. The van der Waals surface area contributed by atoms with E-state index in [9.17, 15) is 4.79 Å². The van der Waals surface area contributed by atoms with Crippen LogP contribution in [0, 0.1) is 0 Å². The quantitative estimate of drug-likeness (QED) is 0.417. The molecule has 0 amide bonds. The van der Waals surface area contributed by atoms with Crippen LogP contribution in [0.3, 0.4) is 0 Å². The highest BCUT2D eigenvalue weighted by Crippen LogP contribution is 2.16. The lowest BCUT2D eigenvalue weighted by molar-refractivity contribution is -0.138. The van der Waals surface area contributed by atoms with Crippen molar-refractivity contribution in [2.24, 2.45) is 0 Å². The van der Waals surface area contributed by atoms with Crippen LogP contribution in [0.1, 0.15) is 33.6 Å². The summed E-state index contributed by atoms with van der Waals surface area (Å²) in [7, 11) is 0. The average Bonchev–Trinajstić information content (AvgIpc) is 2.06. The van der Waals surface area contributed by atoms with Crippen LogP contribution in [-0.2, 0) is 9.53 Å². The number of hydrogen-bond donors (Lipinski definition) is 1. The van der Waals surface area contributed by atoms with Crippen molar-refractivity contribution in [3.05, 3.63) is 10.5 Å². The standard InChI is InChI=1S/C9H16O2S/c1-4-7(8(12)5-2)9(10)11-6-3/h12H,4-6H2,1-3H3/b8-7-. The molecule has 0 bridgehead atoms. The van der Waals surface area contributed by atoms with E-state index in [-0.39, 0.29) is 5.97 Å². The van der Waals surface area contributed by atoms with Crippen molar-refractivity contribution < 1.29 is 9.53 Å². The largest absolute Gasteiger partial charge is 0.463 e. The van der Waals surface area contributed by atoms with Gasteiger partial charge in [-0.1, -0.05) is 13.8 Å². The Kier molecular flexibility index (Phi) is 5.89. The van der Waals surface area contributed by atoms with Gasteiger partial charge in [0.05, 0.1) is 6.61 Å². The van der Waals surface area contributed by atoms with E-state index < -0.39 is 0 Å². The van der Waals surface area contributed by atoms with Gasteiger partial charge in [-0.2, -0.15) is 0 Å². The van der Waals surface area contributed by atoms with Crippen molar-refractivity contribution in [1.82, 2.24) is 0 Å². The van der Waals surface area contributed by atoms with E-state index in [1.54, 1.807) is 6.92 Å². The molecule has 0 aliphatic heterocycles. The van der Waals surface area contributed by atoms with Crippen LogP contribution in [0.4, 0.5) is 0 Å². The van der Waals surface area contributed by atoms with Gasteiger partial charge >= 0.3 is 5.97 Å². The summed E-state index contributed by atoms with van der Waals surface area (Å²) in [5.41, 5.74) is 0.697. The van der Waals surface area contributed by atoms with E-state index in [0.29, 0.717) is 18.6 Å².